The highest BCUT2D eigenvalue weighted by molar-refractivity contribution is 5.63. The molecular formula is C42H50N4O6. The molecule has 1 fully saturated rings. The van der Waals surface area contributed by atoms with Crippen molar-refractivity contribution in [2.75, 3.05) is 33.9 Å². The van der Waals surface area contributed by atoms with Crippen LogP contribution in [0.25, 0.3) is 0 Å². The predicted molar refractivity (Wildman–Crippen MR) is 203 cm³/mol. The van der Waals surface area contributed by atoms with Crippen molar-refractivity contribution in [2.24, 2.45) is 16.8 Å². The molecule has 4 aromatic rings. The van der Waals surface area contributed by atoms with Crippen molar-refractivity contribution in [1.82, 2.24) is 14.5 Å². The van der Waals surface area contributed by atoms with Gasteiger partial charge in [0.25, 0.3) is 0 Å². The first-order valence-corrected chi connectivity index (χ1v) is 17.7. The summed E-state index contributed by atoms with van der Waals surface area (Å²) in [6, 6.07) is 25.4. The smallest absolute Gasteiger partial charge is 0.351 e. The maximum absolute atomic E-state index is 13.5. The lowest BCUT2D eigenvalue weighted by Crippen LogP contribution is -2.38. The van der Waals surface area contributed by atoms with Gasteiger partial charge in [-0.1, -0.05) is 88.2 Å². The molecule has 10 nitrogen and oxygen atoms in total. The highest BCUT2D eigenvalue weighted by Gasteiger charge is 2.42. The van der Waals surface area contributed by atoms with Crippen molar-refractivity contribution in [1.29, 1.82) is 0 Å². The van der Waals surface area contributed by atoms with Crippen LogP contribution in [-0.2, 0) is 15.1 Å². The monoisotopic (exact) mass is 706 g/mol. The van der Waals surface area contributed by atoms with E-state index in [0.717, 1.165) is 29.8 Å². The summed E-state index contributed by atoms with van der Waals surface area (Å²) in [5.41, 5.74) is 1.45. The zero-order chi connectivity index (χ0) is 37.3. The van der Waals surface area contributed by atoms with Gasteiger partial charge >= 0.3 is 5.69 Å². The molecule has 2 heterocycles. The van der Waals surface area contributed by atoms with Gasteiger partial charge in [0.05, 0.1) is 38.8 Å². The van der Waals surface area contributed by atoms with Gasteiger partial charge in [0.15, 0.2) is 5.82 Å². The molecule has 0 saturated carbocycles. The molecule has 0 unspecified atom stereocenters. The van der Waals surface area contributed by atoms with Gasteiger partial charge < -0.3 is 29.0 Å². The standard InChI is InChI=1S/C42H50N4O6/c1-8-12-31-26-46(41(48)44-40(31)43-28-45(24-29(2)3)25-30(4)5)39-23-37(47)38(52-39)27-51-42(32-13-10-9-11-14-32,33-15-19-35(49-6)20-16-33)34-17-21-36(50-7)22-18-34/h9-11,13-22,26,28-30,37-39,47H,23-25,27H2,1-7H3/t37-,38+,39+/m0/s1. The van der Waals surface area contributed by atoms with E-state index in [1.807, 2.05) is 78.9 Å². The van der Waals surface area contributed by atoms with Gasteiger partial charge in [-0.15, -0.1) is 5.92 Å². The quantitative estimate of drug-likeness (QED) is 0.0641. The van der Waals surface area contributed by atoms with E-state index in [1.165, 1.54) is 4.57 Å². The van der Waals surface area contributed by atoms with E-state index < -0.39 is 29.7 Å². The fraction of sp³-hybridized carbons (Fsp3) is 0.405. The minimum Gasteiger partial charge on any atom is -0.497 e. The Balaban J connectivity index is 1.46. The van der Waals surface area contributed by atoms with Gasteiger partial charge in [0.2, 0.25) is 0 Å². The molecule has 0 radical (unpaired) electrons. The number of ether oxygens (including phenoxy) is 4. The maximum Gasteiger partial charge on any atom is 0.351 e. The maximum atomic E-state index is 13.5. The van der Waals surface area contributed by atoms with E-state index in [-0.39, 0.29) is 18.8 Å². The van der Waals surface area contributed by atoms with Crippen LogP contribution in [0.5, 0.6) is 11.5 Å². The third-order valence-electron chi connectivity index (χ3n) is 8.89. The van der Waals surface area contributed by atoms with Crippen LogP contribution in [0, 0.1) is 23.7 Å². The van der Waals surface area contributed by atoms with Crippen molar-refractivity contribution in [3.05, 3.63) is 118 Å². The Morgan fingerprint density at radius 3 is 2.02 bits per heavy atom. The van der Waals surface area contributed by atoms with Gasteiger partial charge in [-0.05, 0) is 59.7 Å². The summed E-state index contributed by atoms with van der Waals surface area (Å²) in [4.78, 5) is 24.5. The summed E-state index contributed by atoms with van der Waals surface area (Å²) in [5.74, 6) is 8.51. The van der Waals surface area contributed by atoms with Gasteiger partial charge in [0, 0.05) is 25.7 Å². The van der Waals surface area contributed by atoms with Crippen molar-refractivity contribution < 1.29 is 24.1 Å². The number of aromatic nitrogens is 2. The average molecular weight is 707 g/mol. The summed E-state index contributed by atoms with van der Waals surface area (Å²) in [6.07, 6.45) is 1.08. The molecule has 1 aliphatic rings. The van der Waals surface area contributed by atoms with Crippen LogP contribution in [-0.4, -0.2) is 72.0 Å². The molecule has 5 rings (SSSR count). The molecule has 1 aliphatic heterocycles. The second kappa shape index (κ2) is 17.5. The zero-order valence-electron chi connectivity index (χ0n) is 31.2. The fourth-order valence-electron chi connectivity index (χ4n) is 6.55. The third kappa shape index (κ3) is 8.91. The number of aliphatic hydroxyl groups excluding tert-OH is 1. The second-order valence-corrected chi connectivity index (χ2v) is 13.8. The molecule has 1 N–H and O–H groups in total. The van der Waals surface area contributed by atoms with E-state index in [2.05, 4.69) is 54.4 Å². The summed E-state index contributed by atoms with van der Waals surface area (Å²) in [6.45, 7) is 12.0. The number of rotatable bonds is 15. The number of aliphatic hydroxyl groups is 1. The fourth-order valence-corrected chi connectivity index (χ4v) is 6.55. The Morgan fingerprint density at radius 1 is 0.942 bits per heavy atom. The lowest BCUT2D eigenvalue weighted by molar-refractivity contribution is -0.0944. The Kier molecular flexibility index (Phi) is 12.9. The summed E-state index contributed by atoms with van der Waals surface area (Å²) >= 11 is 0. The minimum absolute atomic E-state index is 0.0122. The molecule has 0 spiro atoms. The molecule has 0 aliphatic carbocycles. The van der Waals surface area contributed by atoms with Crippen LogP contribution in [0.3, 0.4) is 0 Å². The van der Waals surface area contributed by atoms with E-state index >= 15 is 0 Å². The highest BCUT2D eigenvalue weighted by atomic mass is 16.6. The van der Waals surface area contributed by atoms with E-state index in [1.54, 1.807) is 33.7 Å². The Hall–Kier alpha value is -4.95. The van der Waals surface area contributed by atoms with Crippen molar-refractivity contribution in [2.45, 2.75) is 65.1 Å². The Morgan fingerprint density at radius 2 is 1.50 bits per heavy atom. The highest BCUT2D eigenvalue weighted by Crippen LogP contribution is 2.42. The van der Waals surface area contributed by atoms with Crippen molar-refractivity contribution >= 4 is 12.2 Å². The number of aliphatic imine (C=N–C) groups is 1. The molecule has 1 saturated heterocycles. The van der Waals surface area contributed by atoms with Crippen LogP contribution < -0.4 is 15.2 Å². The summed E-state index contributed by atoms with van der Waals surface area (Å²) < 4.78 is 25.7. The molecular weight excluding hydrogens is 656 g/mol. The van der Waals surface area contributed by atoms with Crippen LogP contribution in [0.2, 0.25) is 0 Å². The third-order valence-corrected chi connectivity index (χ3v) is 8.89. The topological polar surface area (TPSA) is 108 Å². The number of nitrogens with zero attached hydrogens (tertiary/aromatic N) is 4. The zero-order valence-corrected chi connectivity index (χ0v) is 31.2. The van der Waals surface area contributed by atoms with Crippen molar-refractivity contribution in [3.8, 4) is 23.3 Å². The molecule has 0 amide bonds. The normalized spacial score (nSPS) is 17.4. The molecule has 274 valence electrons. The first-order valence-electron chi connectivity index (χ1n) is 17.7. The van der Waals surface area contributed by atoms with Gasteiger partial charge in [-0.2, -0.15) is 4.98 Å². The lowest BCUT2D eigenvalue weighted by atomic mass is 9.80. The number of hydrogen-bond acceptors (Lipinski definition) is 8. The first kappa shape index (κ1) is 38.3. The lowest BCUT2D eigenvalue weighted by Gasteiger charge is -2.37. The van der Waals surface area contributed by atoms with Crippen LogP contribution in [0.15, 0.2) is 94.8 Å². The van der Waals surface area contributed by atoms with Crippen LogP contribution in [0.4, 0.5) is 5.82 Å². The number of benzene rings is 3. The average Bonchev–Trinajstić information content (AvgIpc) is 3.51. The molecule has 10 heteroatoms. The van der Waals surface area contributed by atoms with Gasteiger partial charge in [-0.25, -0.2) is 9.79 Å². The SMILES string of the molecule is CC#Cc1cn([C@H]2C[C@H](O)[C@@H](COC(c3ccccc3)(c3ccc(OC)cc3)c3ccc(OC)cc3)O2)c(=O)nc1N=CN(CC(C)C)CC(C)C. The molecule has 0 bridgehead atoms. The Bertz CT molecular complexity index is 1840. The summed E-state index contributed by atoms with van der Waals surface area (Å²) in [5, 5.41) is 11.3. The van der Waals surface area contributed by atoms with Crippen molar-refractivity contribution in [3.63, 3.8) is 0 Å². The summed E-state index contributed by atoms with van der Waals surface area (Å²) in [7, 11) is 3.26. The number of hydrogen-bond donors (Lipinski definition) is 1. The number of methoxy groups -OCH3 is 2. The molecule has 52 heavy (non-hydrogen) atoms. The first-order chi connectivity index (χ1) is 25.1. The van der Waals surface area contributed by atoms with Gasteiger partial charge in [-0.3, -0.25) is 4.57 Å². The largest absolute Gasteiger partial charge is 0.497 e. The molecule has 3 atom stereocenters. The Labute approximate surface area is 307 Å². The van der Waals surface area contributed by atoms with E-state index in [9.17, 15) is 9.90 Å². The predicted octanol–water partition coefficient (Wildman–Crippen LogP) is 6.56. The molecule has 1 aromatic heterocycles. The van der Waals surface area contributed by atoms with E-state index in [4.69, 9.17) is 18.9 Å². The van der Waals surface area contributed by atoms with Crippen LogP contribution in [0.1, 0.15) is 69.5 Å². The van der Waals surface area contributed by atoms with E-state index in [0.29, 0.717) is 28.9 Å². The van der Waals surface area contributed by atoms with Gasteiger partial charge in [0.1, 0.15) is 29.4 Å². The molecule has 3 aromatic carbocycles. The van der Waals surface area contributed by atoms with Crippen LogP contribution >= 0.6 is 0 Å². The second-order valence-electron chi connectivity index (χ2n) is 13.8. The minimum atomic E-state index is -1.10.